The highest BCUT2D eigenvalue weighted by atomic mass is 16.5. The Kier molecular flexibility index (Phi) is 6.45. The molecular formula is C23H23N5O5. The third-order valence-corrected chi connectivity index (χ3v) is 5.01. The Hall–Kier alpha value is -4.05. The fraction of sp³-hybridized carbons (Fsp3) is 0.261. The zero-order valence-corrected chi connectivity index (χ0v) is 18.5. The summed E-state index contributed by atoms with van der Waals surface area (Å²) in [6.07, 6.45) is 1.54. The number of aliphatic hydroxyl groups is 1. The van der Waals surface area contributed by atoms with Gasteiger partial charge in [-0.1, -0.05) is 12.1 Å². The third kappa shape index (κ3) is 4.33. The quantitative estimate of drug-likeness (QED) is 0.384. The maximum atomic E-state index is 13.4. The molecule has 0 unspecified atom stereocenters. The van der Waals surface area contributed by atoms with Gasteiger partial charge in [0.15, 0.2) is 11.5 Å². The molecule has 0 saturated carbocycles. The van der Waals surface area contributed by atoms with E-state index in [1.807, 2.05) is 6.92 Å². The number of hydrogen-bond donors (Lipinski definition) is 1. The topological polar surface area (TPSA) is 121 Å². The molecule has 2 heterocycles. The number of rotatable bonds is 9. The Labute approximate surface area is 189 Å². The number of pyridine rings is 1. The third-order valence-electron chi connectivity index (χ3n) is 5.01. The van der Waals surface area contributed by atoms with E-state index in [-0.39, 0.29) is 24.6 Å². The van der Waals surface area contributed by atoms with Crippen LogP contribution in [0, 0.1) is 0 Å². The van der Waals surface area contributed by atoms with Crippen molar-refractivity contribution < 1.29 is 24.1 Å². The van der Waals surface area contributed by atoms with E-state index in [1.54, 1.807) is 36.4 Å². The molecule has 2 aromatic heterocycles. The number of methoxy groups -OCH3 is 2. The number of benzene rings is 2. The Morgan fingerprint density at radius 1 is 1.09 bits per heavy atom. The van der Waals surface area contributed by atoms with E-state index >= 15 is 0 Å². The predicted octanol–water partition coefficient (Wildman–Crippen LogP) is 2.53. The smallest absolute Gasteiger partial charge is 0.212 e. The van der Waals surface area contributed by atoms with Gasteiger partial charge in [0.2, 0.25) is 11.6 Å². The lowest BCUT2D eigenvalue weighted by Gasteiger charge is -2.13. The lowest BCUT2D eigenvalue weighted by molar-refractivity contribution is 0.103. The summed E-state index contributed by atoms with van der Waals surface area (Å²) in [5, 5.41) is 22.7. The highest BCUT2D eigenvalue weighted by Gasteiger charge is 2.21. The van der Waals surface area contributed by atoms with Gasteiger partial charge in [0, 0.05) is 28.1 Å². The molecular weight excluding hydrogens is 426 g/mol. The SMILES string of the molecule is CCOc1cccc(C(=O)c2ncc(-c3nnn(CCO)n3)c3cc(OC)c(OC)cc23)c1. The first kappa shape index (κ1) is 22.2. The Balaban J connectivity index is 1.90. The zero-order chi connectivity index (χ0) is 23.4. The van der Waals surface area contributed by atoms with Crippen molar-refractivity contribution in [3.8, 4) is 28.6 Å². The van der Waals surface area contributed by atoms with Crippen LogP contribution in [0.4, 0.5) is 0 Å². The van der Waals surface area contributed by atoms with Crippen molar-refractivity contribution in [3.63, 3.8) is 0 Å². The van der Waals surface area contributed by atoms with Crippen LogP contribution in [0.1, 0.15) is 23.0 Å². The fourth-order valence-electron chi connectivity index (χ4n) is 3.49. The average Bonchev–Trinajstić information content (AvgIpc) is 3.31. The van der Waals surface area contributed by atoms with Crippen LogP contribution in [0.25, 0.3) is 22.2 Å². The summed E-state index contributed by atoms with van der Waals surface area (Å²) in [5.41, 5.74) is 1.25. The van der Waals surface area contributed by atoms with E-state index in [4.69, 9.17) is 19.3 Å². The normalized spacial score (nSPS) is 10.9. The molecule has 4 rings (SSSR count). The molecule has 0 saturated heterocycles. The summed E-state index contributed by atoms with van der Waals surface area (Å²) in [6, 6.07) is 10.4. The molecule has 0 atom stereocenters. The Morgan fingerprint density at radius 3 is 2.55 bits per heavy atom. The van der Waals surface area contributed by atoms with Crippen LogP contribution < -0.4 is 14.2 Å². The standard InChI is InChI=1S/C23H23N5O5/c1-4-33-15-7-5-6-14(10-15)22(30)21-17-12-20(32-3)19(31-2)11-16(17)18(13-24-21)23-25-27-28(26-23)8-9-29/h5-7,10-13,29H,4,8-9H2,1-3H3. The van der Waals surface area contributed by atoms with Gasteiger partial charge in [0.1, 0.15) is 11.4 Å². The molecule has 10 nitrogen and oxygen atoms in total. The monoisotopic (exact) mass is 449 g/mol. The van der Waals surface area contributed by atoms with Crippen molar-refractivity contribution in [2.75, 3.05) is 27.4 Å². The molecule has 10 heteroatoms. The number of tetrazole rings is 1. The number of hydrogen-bond acceptors (Lipinski definition) is 9. The largest absolute Gasteiger partial charge is 0.494 e. The van der Waals surface area contributed by atoms with Crippen molar-refractivity contribution in [1.29, 1.82) is 0 Å². The maximum Gasteiger partial charge on any atom is 0.212 e. The van der Waals surface area contributed by atoms with Gasteiger partial charge in [0.25, 0.3) is 0 Å². The molecule has 2 aromatic carbocycles. The molecule has 170 valence electrons. The number of aromatic nitrogens is 5. The lowest BCUT2D eigenvalue weighted by atomic mass is 9.98. The Bertz CT molecular complexity index is 1300. The molecule has 0 aliphatic heterocycles. The van der Waals surface area contributed by atoms with Crippen molar-refractivity contribution >= 4 is 16.6 Å². The van der Waals surface area contributed by atoms with Gasteiger partial charge in [-0.05, 0) is 36.4 Å². The molecule has 0 aliphatic carbocycles. The van der Waals surface area contributed by atoms with E-state index in [1.165, 1.54) is 25.2 Å². The summed E-state index contributed by atoms with van der Waals surface area (Å²) in [6.45, 7) is 2.47. The summed E-state index contributed by atoms with van der Waals surface area (Å²) in [5.74, 6) is 1.59. The van der Waals surface area contributed by atoms with E-state index in [9.17, 15) is 4.79 Å². The van der Waals surface area contributed by atoms with Crippen LogP contribution in [0.15, 0.2) is 42.6 Å². The van der Waals surface area contributed by atoms with Gasteiger partial charge >= 0.3 is 0 Å². The van der Waals surface area contributed by atoms with E-state index < -0.39 is 0 Å². The molecule has 0 spiro atoms. The van der Waals surface area contributed by atoms with Gasteiger partial charge < -0.3 is 19.3 Å². The second-order valence-corrected chi connectivity index (χ2v) is 7.00. The first-order chi connectivity index (χ1) is 16.1. The number of ketones is 1. The second kappa shape index (κ2) is 9.61. The highest BCUT2D eigenvalue weighted by Crippen LogP contribution is 2.37. The number of nitrogens with zero attached hydrogens (tertiary/aromatic N) is 5. The predicted molar refractivity (Wildman–Crippen MR) is 120 cm³/mol. The second-order valence-electron chi connectivity index (χ2n) is 7.00. The number of aliphatic hydroxyl groups excluding tert-OH is 1. The minimum absolute atomic E-state index is 0.117. The summed E-state index contributed by atoms with van der Waals surface area (Å²) >= 11 is 0. The first-order valence-corrected chi connectivity index (χ1v) is 10.3. The summed E-state index contributed by atoms with van der Waals surface area (Å²) in [4.78, 5) is 19.2. The molecule has 4 aromatic rings. The van der Waals surface area contributed by atoms with Crippen molar-refractivity contribution in [2.24, 2.45) is 0 Å². The maximum absolute atomic E-state index is 13.4. The fourth-order valence-corrected chi connectivity index (χ4v) is 3.49. The van der Waals surface area contributed by atoms with Crippen LogP contribution >= 0.6 is 0 Å². The van der Waals surface area contributed by atoms with Gasteiger partial charge in [-0.15, -0.1) is 10.2 Å². The highest BCUT2D eigenvalue weighted by molar-refractivity contribution is 6.17. The van der Waals surface area contributed by atoms with E-state index in [2.05, 4.69) is 20.4 Å². The van der Waals surface area contributed by atoms with Gasteiger partial charge in [-0.2, -0.15) is 4.80 Å². The van der Waals surface area contributed by atoms with Gasteiger partial charge in [-0.25, -0.2) is 0 Å². The molecule has 0 radical (unpaired) electrons. The van der Waals surface area contributed by atoms with Crippen molar-refractivity contribution in [2.45, 2.75) is 13.5 Å². The van der Waals surface area contributed by atoms with E-state index in [0.29, 0.717) is 51.6 Å². The van der Waals surface area contributed by atoms with Crippen molar-refractivity contribution in [1.82, 2.24) is 25.2 Å². The minimum Gasteiger partial charge on any atom is -0.494 e. The summed E-state index contributed by atoms with van der Waals surface area (Å²) < 4.78 is 16.5. The molecule has 0 amide bonds. The van der Waals surface area contributed by atoms with Gasteiger partial charge in [0.05, 0.1) is 34.0 Å². The minimum atomic E-state index is -0.266. The number of carbonyl (C=O) groups excluding carboxylic acids is 1. The average molecular weight is 449 g/mol. The molecule has 0 aliphatic rings. The molecule has 1 N–H and O–H groups in total. The van der Waals surface area contributed by atoms with Crippen molar-refractivity contribution in [3.05, 3.63) is 53.9 Å². The van der Waals surface area contributed by atoms with Crippen LogP contribution in [0.3, 0.4) is 0 Å². The number of ether oxygens (including phenoxy) is 3. The molecule has 0 fully saturated rings. The van der Waals surface area contributed by atoms with Crippen LogP contribution in [-0.4, -0.2) is 63.5 Å². The van der Waals surface area contributed by atoms with Gasteiger partial charge in [-0.3, -0.25) is 9.78 Å². The summed E-state index contributed by atoms with van der Waals surface area (Å²) in [7, 11) is 3.06. The lowest BCUT2D eigenvalue weighted by Crippen LogP contribution is -2.07. The molecule has 0 bridgehead atoms. The van der Waals surface area contributed by atoms with Crippen LogP contribution in [0.2, 0.25) is 0 Å². The molecule has 33 heavy (non-hydrogen) atoms. The van der Waals surface area contributed by atoms with Crippen LogP contribution in [-0.2, 0) is 6.54 Å². The number of fused-ring (bicyclic) bond motifs is 1. The number of carbonyl (C=O) groups is 1. The Morgan fingerprint density at radius 2 is 1.85 bits per heavy atom. The van der Waals surface area contributed by atoms with E-state index in [0.717, 1.165) is 0 Å². The van der Waals surface area contributed by atoms with Crippen LogP contribution in [0.5, 0.6) is 17.2 Å². The zero-order valence-electron chi connectivity index (χ0n) is 18.5. The first-order valence-electron chi connectivity index (χ1n) is 10.3.